The number of carbonyl (C=O) groups excluding carboxylic acids is 1. The van der Waals surface area contributed by atoms with Crippen molar-refractivity contribution in [3.05, 3.63) is 24.3 Å². The summed E-state index contributed by atoms with van der Waals surface area (Å²) in [5.41, 5.74) is 2.01. The zero-order valence-corrected chi connectivity index (χ0v) is 10.3. The van der Waals surface area contributed by atoms with Crippen molar-refractivity contribution in [1.82, 2.24) is 4.90 Å². The largest absolute Gasteiger partial charge is 0.382 e. The molecule has 0 aliphatic carbocycles. The second kappa shape index (κ2) is 4.86. The van der Waals surface area contributed by atoms with E-state index in [1.807, 2.05) is 34.1 Å². The first-order valence-electron chi connectivity index (χ1n) is 6.33. The van der Waals surface area contributed by atoms with Crippen LogP contribution in [0.1, 0.15) is 0 Å². The van der Waals surface area contributed by atoms with Crippen molar-refractivity contribution in [2.75, 3.05) is 49.6 Å². The third-order valence-corrected chi connectivity index (χ3v) is 3.36. The highest BCUT2D eigenvalue weighted by Crippen LogP contribution is 2.29. The van der Waals surface area contributed by atoms with E-state index in [1.54, 1.807) is 0 Å². The molecule has 2 amide bonds. The number of rotatable bonds is 0. The average molecular weight is 247 g/mol. The lowest BCUT2D eigenvalue weighted by Gasteiger charge is -2.36. The molecule has 1 aromatic rings. The molecule has 2 aliphatic heterocycles. The van der Waals surface area contributed by atoms with Gasteiger partial charge in [0.1, 0.15) is 0 Å². The van der Waals surface area contributed by atoms with Gasteiger partial charge in [-0.3, -0.25) is 4.90 Å². The Bertz CT molecular complexity index is 444. The predicted molar refractivity (Wildman–Crippen MR) is 70.1 cm³/mol. The van der Waals surface area contributed by atoms with E-state index in [-0.39, 0.29) is 6.03 Å². The standard InChI is InChI=1S/C13H17N3O2/c17-13(15-7-9-18-10-8-15)16-6-5-14-11-3-1-2-4-12(11)16/h1-4,14H,5-10H2. The Kier molecular flexibility index (Phi) is 3.06. The molecule has 1 N–H and O–H groups in total. The van der Waals surface area contributed by atoms with E-state index in [0.717, 1.165) is 17.9 Å². The van der Waals surface area contributed by atoms with E-state index in [9.17, 15) is 4.79 Å². The summed E-state index contributed by atoms with van der Waals surface area (Å²) in [5.74, 6) is 0. The number of nitrogens with zero attached hydrogens (tertiary/aromatic N) is 2. The van der Waals surface area contributed by atoms with Crippen molar-refractivity contribution in [1.29, 1.82) is 0 Å². The lowest BCUT2D eigenvalue weighted by atomic mass is 10.2. The van der Waals surface area contributed by atoms with Crippen LogP contribution < -0.4 is 10.2 Å². The molecule has 3 rings (SSSR count). The molecule has 2 aliphatic rings. The number of ether oxygens (including phenoxy) is 1. The van der Waals surface area contributed by atoms with E-state index in [4.69, 9.17) is 4.74 Å². The van der Waals surface area contributed by atoms with E-state index in [0.29, 0.717) is 32.8 Å². The minimum absolute atomic E-state index is 0.0900. The van der Waals surface area contributed by atoms with Crippen molar-refractivity contribution in [3.8, 4) is 0 Å². The van der Waals surface area contributed by atoms with Crippen molar-refractivity contribution in [2.24, 2.45) is 0 Å². The van der Waals surface area contributed by atoms with Crippen LogP contribution in [0.5, 0.6) is 0 Å². The number of hydrogen-bond donors (Lipinski definition) is 1. The molecule has 0 bridgehead atoms. The molecular weight excluding hydrogens is 230 g/mol. The Hall–Kier alpha value is -1.75. The topological polar surface area (TPSA) is 44.8 Å². The van der Waals surface area contributed by atoms with Crippen LogP contribution in [0.25, 0.3) is 0 Å². The summed E-state index contributed by atoms with van der Waals surface area (Å²) in [6.07, 6.45) is 0. The molecule has 0 unspecified atom stereocenters. The van der Waals surface area contributed by atoms with Gasteiger partial charge in [0.2, 0.25) is 0 Å². The lowest BCUT2D eigenvalue weighted by Crippen LogP contribution is -2.50. The number of anilines is 2. The minimum atomic E-state index is 0.0900. The Balaban J connectivity index is 1.82. The molecule has 0 atom stereocenters. The van der Waals surface area contributed by atoms with Crippen LogP contribution in [0.3, 0.4) is 0 Å². The number of para-hydroxylation sites is 2. The fourth-order valence-corrected chi connectivity index (χ4v) is 2.41. The van der Waals surface area contributed by atoms with Crippen LogP contribution in [-0.4, -0.2) is 50.3 Å². The third-order valence-electron chi connectivity index (χ3n) is 3.36. The van der Waals surface area contributed by atoms with Gasteiger partial charge in [0.25, 0.3) is 0 Å². The van der Waals surface area contributed by atoms with Gasteiger partial charge in [0.05, 0.1) is 24.6 Å². The maximum absolute atomic E-state index is 12.5. The molecule has 0 saturated carbocycles. The number of hydrogen-bond acceptors (Lipinski definition) is 3. The van der Waals surface area contributed by atoms with Gasteiger partial charge in [0, 0.05) is 26.2 Å². The fraction of sp³-hybridized carbons (Fsp3) is 0.462. The molecule has 0 aromatic heterocycles. The molecule has 1 aromatic carbocycles. The fourth-order valence-electron chi connectivity index (χ4n) is 2.41. The van der Waals surface area contributed by atoms with E-state index < -0.39 is 0 Å². The van der Waals surface area contributed by atoms with Crippen LogP contribution in [0.2, 0.25) is 0 Å². The van der Waals surface area contributed by atoms with Crippen molar-refractivity contribution >= 4 is 17.4 Å². The molecule has 1 saturated heterocycles. The summed E-state index contributed by atoms with van der Waals surface area (Å²) in [4.78, 5) is 16.2. The molecule has 2 heterocycles. The number of urea groups is 1. The van der Waals surface area contributed by atoms with Crippen LogP contribution in [0, 0.1) is 0 Å². The van der Waals surface area contributed by atoms with Gasteiger partial charge in [-0.05, 0) is 12.1 Å². The van der Waals surface area contributed by atoms with Crippen LogP contribution >= 0.6 is 0 Å². The van der Waals surface area contributed by atoms with E-state index >= 15 is 0 Å². The maximum atomic E-state index is 12.5. The summed E-state index contributed by atoms with van der Waals surface area (Å²) >= 11 is 0. The molecule has 0 radical (unpaired) electrons. The Morgan fingerprint density at radius 3 is 2.78 bits per heavy atom. The monoisotopic (exact) mass is 247 g/mol. The lowest BCUT2D eigenvalue weighted by molar-refractivity contribution is 0.0549. The smallest absolute Gasteiger partial charge is 0.324 e. The normalized spacial score (nSPS) is 19.1. The zero-order valence-electron chi connectivity index (χ0n) is 10.3. The number of amides is 2. The van der Waals surface area contributed by atoms with Crippen LogP contribution in [0.4, 0.5) is 16.2 Å². The first-order valence-corrected chi connectivity index (χ1v) is 6.33. The highest BCUT2D eigenvalue weighted by Gasteiger charge is 2.27. The maximum Gasteiger partial charge on any atom is 0.324 e. The molecule has 0 spiro atoms. The quantitative estimate of drug-likeness (QED) is 0.753. The Labute approximate surface area is 106 Å². The molecule has 5 nitrogen and oxygen atoms in total. The first kappa shape index (κ1) is 11.3. The third kappa shape index (κ3) is 2.01. The molecule has 96 valence electrons. The minimum Gasteiger partial charge on any atom is -0.382 e. The van der Waals surface area contributed by atoms with Crippen LogP contribution in [-0.2, 0) is 4.74 Å². The molecule has 18 heavy (non-hydrogen) atoms. The van der Waals surface area contributed by atoms with Gasteiger partial charge >= 0.3 is 6.03 Å². The summed E-state index contributed by atoms with van der Waals surface area (Å²) in [6, 6.07) is 8.03. The number of carbonyl (C=O) groups is 1. The number of fused-ring (bicyclic) bond motifs is 1. The van der Waals surface area contributed by atoms with Gasteiger partial charge in [-0.1, -0.05) is 12.1 Å². The Morgan fingerprint density at radius 2 is 1.94 bits per heavy atom. The predicted octanol–water partition coefficient (Wildman–Crippen LogP) is 1.37. The van der Waals surface area contributed by atoms with E-state index in [2.05, 4.69) is 5.32 Å². The summed E-state index contributed by atoms with van der Waals surface area (Å²) < 4.78 is 5.28. The summed E-state index contributed by atoms with van der Waals surface area (Å²) in [6.45, 7) is 4.16. The van der Waals surface area contributed by atoms with E-state index in [1.165, 1.54) is 0 Å². The van der Waals surface area contributed by atoms with Gasteiger partial charge in [-0.25, -0.2) is 4.79 Å². The summed E-state index contributed by atoms with van der Waals surface area (Å²) in [5, 5.41) is 3.31. The van der Waals surface area contributed by atoms with Crippen molar-refractivity contribution in [2.45, 2.75) is 0 Å². The highest BCUT2D eigenvalue weighted by molar-refractivity contribution is 5.96. The van der Waals surface area contributed by atoms with Crippen molar-refractivity contribution in [3.63, 3.8) is 0 Å². The van der Waals surface area contributed by atoms with Crippen molar-refractivity contribution < 1.29 is 9.53 Å². The summed E-state index contributed by atoms with van der Waals surface area (Å²) in [7, 11) is 0. The second-order valence-corrected chi connectivity index (χ2v) is 4.48. The second-order valence-electron chi connectivity index (χ2n) is 4.48. The van der Waals surface area contributed by atoms with Gasteiger partial charge in [0.15, 0.2) is 0 Å². The zero-order chi connectivity index (χ0) is 12.4. The van der Waals surface area contributed by atoms with Crippen LogP contribution in [0.15, 0.2) is 24.3 Å². The number of benzene rings is 1. The first-order chi connectivity index (χ1) is 8.86. The molecule has 1 fully saturated rings. The SMILES string of the molecule is O=C(N1CCOCC1)N1CCNc2ccccc21. The number of morpholine rings is 1. The van der Waals surface area contributed by atoms with Gasteiger partial charge in [-0.2, -0.15) is 0 Å². The average Bonchev–Trinajstić information content (AvgIpc) is 2.47. The Morgan fingerprint density at radius 1 is 1.17 bits per heavy atom. The molecule has 5 heteroatoms. The highest BCUT2D eigenvalue weighted by atomic mass is 16.5. The molecular formula is C13H17N3O2. The van der Waals surface area contributed by atoms with Gasteiger partial charge in [-0.15, -0.1) is 0 Å². The van der Waals surface area contributed by atoms with Gasteiger partial charge < -0.3 is 15.0 Å². The number of nitrogens with one attached hydrogen (secondary N) is 1.